The molecule has 7 nitrogen and oxygen atoms in total. The van der Waals surface area contributed by atoms with Crippen molar-refractivity contribution in [2.75, 3.05) is 6.54 Å². The van der Waals surface area contributed by atoms with Crippen molar-refractivity contribution in [3.05, 3.63) is 35.0 Å². The van der Waals surface area contributed by atoms with Crippen molar-refractivity contribution in [3.63, 3.8) is 0 Å². The van der Waals surface area contributed by atoms with Gasteiger partial charge in [-0.2, -0.15) is 15.4 Å². The van der Waals surface area contributed by atoms with Crippen molar-refractivity contribution < 1.29 is 9.21 Å². The van der Waals surface area contributed by atoms with Gasteiger partial charge in [-0.15, -0.1) is 0 Å². The van der Waals surface area contributed by atoms with E-state index in [1.165, 1.54) is 0 Å². The van der Waals surface area contributed by atoms with Gasteiger partial charge in [0.1, 0.15) is 5.76 Å². The molecule has 0 spiro atoms. The molecule has 140 valence electrons. The molecule has 1 amide bonds. The zero-order valence-electron chi connectivity index (χ0n) is 14.9. The van der Waals surface area contributed by atoms with E-state index in [-0.39, 0.29) is 17.4 Å². The summed E-state index contributed by atoms with van der Waals surface area (Å²) in [6, 6.07) is 4.39. The first-order valence-electron chi connectivity index (χ1n) is 9.25. The van der Waals surface area contributed by atoms with Crippen molar-refractivity contribution in [3.8, 4) is 0 Å². The molecule has 2 N–H and O–H groups in total. The molecule has 0 radical (unpaired) electrons. The number of furan rings is 1. The maximum absolute atomic E-state index is 13.1. The second-order valence-corrected chi connectivity index (χ2v) is 7.68. The summed E-state index contributed by atoms with van der Waals surface area (Å²) in [5, 5.41) is 14.0. The fraction of sp³-hybridized carbons (Fsp3) is 0.611. The first-order valence-corrected chi connectivity index (χ1v) is 9.63. The second kappa shape index (κ2) is 7.04. The zero-order chi connectivity index (χ0) is 18.1. The Labute approximate surface area is 157 Å². The lowest BCUT2D eigenvalue weighted by atomic mass is 9.71. The maximum Gasteiger partial charge on any atom is 0.227 e. The number of aromatic nitrogens is 3. The Balaban J connectivity index is 1.42. The minimum atomic E-state index is -0.316. The van der Waals surface area contributed by atoms with Crippen LogP contribution in [0.2, 0.25) is 5.22 Å². The molecule has 2 aromatic rings. The molecule has 0 aromatic carbocycles. The summed E-state index contributed by atoms with van der Waals surface area (Å²) in [4.78, 5) is 15.5. The highest BCUT2D eigenvalue weighted by atomic mass is 35.5. The summed E-state index contributed by atoms with van der Waals surface area (Å²) in [5.74, 6) is 1.03. The summed E-state index contributed by atoms with van der Waals surface area (Å²) >= 11 is 5.91. The van der Waals surface area contributed by atoms with Crippen LogP contribution in [0, 0.1) is 5.41 Å². The van der Waals surface area contributed by atoms with Crippen LogP contribution in [0.25, 0.3) is 0 Å². The van der Waals surface area contributed by atoms with Crippen LogP contribution >= 0.6 is 11.6 Å². The maximum atomic E-state index is 13.1. The van der Waals surface area contributed by atoms with Gasteiger partial charge in [0.25, 0.3) is 0 Å². The molecule has 0 saturated carbocycles. The Hall–Kier alpha value is -1.86. The molecule has 2 fully saturated rings. The Morgan fingerprint density at radius 3 is 3.08 bits per heavy atom. The van der Waals surface area contributed by atoms with Crippen LogP contribution in [0.5, 0.6) is 0 Å². The van der Waals surface area contributed by atoms with Gasteiger partial charge in [-0.25, -0.2) is 0 Å². The van der Waals surface area contributed by atoms with E-state index in [9.17, 15) is 4.79 Å². The van der Waals surface area contributed by atoms with E-state index in [0.717, 1.165) is 43.7 Å². The Morgan fingerprint density at radius 1 is 1.50 bits per heavy atom. The topological polar surface area (TPSA) is 87.0 Å². The van der Waals surface area contributed by atoms with E-state index in [1.54, 1.807) is 12.3 Å². The summed E-state index contributed by atoms with van der Waals surface area (Å²) in [5.41, 5.74) is 0.545. The van der Waals surface area contributed by atoms with Gasteiger partial charge in [-0.3, -0.25) is 9.69 Å². The first kappa shape index (κ1) is 17.5. The molecular weight excluding hydrogens is 354 g/mol. The third kappa shape index (κ3) is 3.03. The lowest BCUT2D eigenvalue weighted by Gasteiger charge is -2.35. The molecule has 3 atom stereocenters. The number of halogens is 1. The number of carbonyl (C=O) groups excluding carboxylic acids is 1. The van der Waals surface area contributed by atoms with Crippen LogP contribution in [0.4, 0.5) is 0 Å². The van der Waals surface area contributed by atoms with Crippen LogP contribution < -0.4 is 5.32 Å². The molecular formula is C18H24ClN5O2. The molecule has 2 saturated heterocycles. The molecule has 2 aromatic heterocycles. The predicted octanol–water partition coefficient (Wildman–Crippen LogP) is 2.54. The second-order valence-electron chi connectivity index (χ2n) is 7.31. The lowest BCUT2D eigenvalue weighted by molar-refractivity contribution is -0.133. The standard InChI is InChI=1S/C18H24ClN5O2/c1-2-18(17(25)20-8-7-12-10-21-23-22-12)9-13-3-5-15(18)24(13)11-14-4-6-16(19)26-14/h4,6,10,13,15H,2-3,5,7-9,11H2,1H3,(H,20,25)(H,21,22,23)/t13-,15+,18+/m0/s1. The van der Waals surface area contributed by atoms with E-state index in [1.807, 2.05) is 6.07 Å². The summed E-state index contributed by atoms with van der Waals surface area (Å²) in [7, 11) is 0. The number of fused-ring (bicyclic) bond motifs is 2. The Bertz CT molecular complexity index is 761. The van der Waals surface area contributed by atoms with Gasteiger partial charge in [0.05, 0.1) is 23.9 Å². The molecule has 2 bridgehead atoms. The largest absolute Gasteiger partial charge is 0.448 e. The van der Waals surface area contributed by atoms with Crippen LogP contribution in [0.15, 0.2) is 22.7 Å². The molecule has 4 heterocycles. The van der Waals surface area contributed by atoms with Gasteiger partial charge in [0, 0.05) is 25.0 Å². The monoisotopic (exact) mass is 377 g/mol. The molecule has 26 heavy (non-hydrogen) atoms. The van der Waals surface area contributed by atoms with Gasteiger partial charge in [-0.05, 0) is 49.4 Å². The quantitative estimate of drug-likeness (QED) is 0.774. The smallest absolute Gasteiger partial charge is 0.227 e. The summed E-state index contributed by atoms with van der Waals surface area (Å²) in [6.07, 6.45) is 6.34. The first-order chi connectivity index (χ1) is 12.6. The highest BCUT2D eigenvalue weighted by molar-refractivity contribution is 6.28. The fourth-order valence-corrected chi connectivity index (χ4v) is 4.93. The van der Waals surface area contributed by atoms with Gasteiger partial charge in [-0.1, -0.05) is 6.92 Å². The van der Waals surface area contributed by atoms with Gasteiger partial charge < -0.3 is 9.73 Å². The van der Waals surface area contributed by atoms with Crippen LogP contribution in [-0.4, -0.2) is 44.8 Å². The van der Waals surface area contributed by atoms with Crippen molar-refractivity contribution in [1.29, 1.82) is 0 Å². The van der Waals surface area contributed by atoms with E-state index in [4.69, 9.17) is 16.0 Å². The van der Waals surface area contributed by atoms with Crippen molar-refractivity contribution in [2.24, 2.45) is 5.41 Å². The van der Waals surface area contributed by atoms with E-state index in [0.29, 0.717) is 24.2 Å². The summed E-state index contributed by atoms with van der Waals surface area (Å²) in [6.45, 7) is 3.42. The highest BCUT2D eigenvalue weighted by Crippen LogP contribution is 2.52. The van der Waals surface area contributed by atoms with Crippen molar-refractivity contribution >= 4 is 17.5 Å². The van der Waals surface area contributed by atoms with Crippen molar-refractivity contribution in [2.45, 2.75) is 57.7 Å². The highest BCUT2D eigenvalue weighted by Gasteiger charge is 2.58. The molecule has 4 rings (SSSR count). The van der Waals surface area contributed by atoms with E-state index < -0.39 is 0 Å². The van der Waals surface area contributed by atoms with Crippen LogP contribution in [-0.2, 0) is 17.8 Å². The Morgan fingerprint density at radius 2 is 2.38 bits per heavy atom. The van der Waals surface area contributed by atoms with E-state index >= 15 is 0 Å². The van der Waals surface area contributed by atoms with E-state index in [2.05, 4.69) is 32.6 Å². The normalized spacial score (nSPS) is 27.9. The van der Waals surface area contributed by atoms with Crippen molar-refractivity contribution in [1.82, 2.24) is 25.6 Å². The summed E-state index contributed by atoms with van der Waals surface area (Å²) < 4.78 is 5.55. The number of aromatic amines is 1. The van der Waals surface area contributed by atoms with Gasteiger partial charge in [0.15, 0.2) is 5.22 Å². The lowest BCUT2D eigenvalue weighted by Crippen LogP contribution is -2.49. The predicted molar refractivity (Wildman–Crippen MR) is 96.5 cm³/mol. The number of hydrogen-bond donors (Lipinski definition) is 2. The molecule has 0 aliphatic carbocycles. The molecule has 8 heteroatoms. The average Bonchev–Trinajstić information content (AvgIpc) is 3.41. The number of carbonyl (C=O) groups is 1. The molecule has 2 aliphatic rings. The van der Waals surface area contributed by atoms with Crippen LogP contribution in [0.1, 0.15) is 44.1 Å². The number of rotatable bonds is 7. The SMILES string of the molecule is CC[C@@]1(C(=O)NCCc2cn[nH]n2)C[C@@H]2CC[C@H]1N2Cc1ccc(Cl)o1. The van der Waals surface area contributed by atoms with Gasteiger partial charge in [0.2, 0.25) is 5.91 Å². The number of nitrogens with zero attached hydrogens (tertiary/aromatic N) is 3. The third-order valence-electron chi connectivity index (χ3n) is 6.06. The number of amides is 1. The number of nitrogens with one attached hydrogen (secondary N) is 2. The number of hydrogen-bond acceptors (Lipinski definition) is 5. The van der Waals surface area contributed by atoms with Gasteiger partial charge >= 0.3 is 0 Å². The average molecular weight is 378 g/mol. The molecule has 2 aliphatic heterocycles. The zero-order valence-corrected chi connectivity index (χ0v) is 15.6. The minimum Gasteiger partial charge on any atom is -0.448 e. The molecule has 0 unspecified atom stereocenters. The number of H-pyrrole nitrogens is 1. The Kier molecular flexibility index (Phi) is 4.75. The third-order valence-corrected chi connectivity index (χ3v) is 6.27. The fourth-order valence-electron chi connectivity index (χ4n) is 4.77. The minimum absolute atomic E-state index is 0.165. The van der Waals surface area contributed by atoms with Crippen LogP contribution in [0.3, 0.4) is 0 Å².